The first-order valence-electron chi connectivity index (χ1n) is 9.49. The number of hydrogen-bond acceptors (Lipinski definition) is 6. The third kappa shape index (κ3) is 4.86. The maximum atomic E-state index is 12.5. The maximum absolute atomic E-state index is 12.5. The van der Waals surface area contributed by atoms with Crippen LogP contribution in [0.4, 0.5) is 5.82 Å². The van der Waals surface area contributed by atoms with Gasteiger partial charge in [-0.15, -0.1) is 0 Å². The minimum atomic E-state index is -3.00. The second-order valence-electron chi connectivity index (χ2n) is 7.13. The Bertz CT molecular complexity index is 910. The Morgan fingerprint density at radius 2 is 1.89 bits per heavy atom. The van der Waals surface area contributed by atoms with Crippen molar-refractivity contribution >= 4 is 21.6 Å². The first-order valence-corrected chi connectivity index (χ1v) is 11.4. The lowest BCUT2D eigenvalue weighted by atomic mass is 10.0. The fraction of sp³-hybridized carbons (Fsp3) is 0.450. The summed E-state index contributed by atoms with van der Waals surface area (Å²) in [6.07, 6.45) is 8.22. The summed E-state index contributed by atoms with van der Waals surface area (Å²) in [5, 5.41) is 2.80. The van der Waals surface area contributed by atoms with Crippen LogP contribution in [0, 0.1) is 0 Å². The van der Waals surface area contributed by atoms with Crippen molar-refractivity contribution < 1.29 is 13.2 Å². The summed E-state index contributed by atoms with van der Waals surface area (Å²) in [7, 11) is -3.00. The van der Waals surface area contributed by atoms with Gasteiger partial charge in [0.05, 0.1) is 11.3 Å². The number of hydrogen-bond donors (Lipinski definition) is 1. The van der Waals surface area contributed by atoms with Gasteiger partial charge < -0.3 is 10.2 Å². The highest BCUT2D eigenvalue weighted by atomic mass is 32.2. The molecule has 2 aromatic rings. The fourth-order valence-corrected chi connectivity index (χ4v) is 4.57. The molecular formula is C20H26N4O3S. The predicted octanol–water partition coefficient (Wildman–Crippen LogP) is 2.37. The summed E-state index contributed by atoms with van der Waals surface area (Å²) in [5.74, 6) is 0.683. The quantitative estimate of drug-likeness (QED) is 0.797. The third-order valence-corrected chi connectivity index (χ3v) is 6.88. The van der Waals surface area contributed by atoms with Crippen molar-refractivity contribution in [1.82, 2.24) is 15.3 Å². The lowest BCUT2D eigenvalue weighted by molar-refractivity contribution is 0.0935. The maximum Gasteiger partial charge on any atom is 0.251 e. The number of anilines is 1. The van der Waals surface area contributed by atoms with Gasteiger partial charge in [0.2, 0.25) is 0 Å². The number of aromatic nitrogens is 2. The number of piperidine rings is 1. The monoisotopic (exact) mass is 402 g/mol. The molecule has 3 rings (SSSR count). The van der Waals surface area contributed by atoms with Crippen molar-refractivity contribution in [2.24, 2.45) is 0 Å². The van der Waals surface area contributed by atoms with Gasteiger partial charge >= 0.3 is 0 Å². The van der Waals surface area contributed by atoms with E-state index in [-0.39, 0.29) is 17.2 Å². The normalized spacial score (nSPS) is 16.6. The molecule has 0 radical (unpaired) electrons. The van der Waals surface area contributed by atoms with Crippen LogP contribution in [0.5, 0.6) is 0 Å². The van der Waals surface area contributed by atoms with E-state index in [1.807, 2.05) is 19.1 Å². The average Bonchev–Trinajstić information content (AvgIpc) is 2.72. The van der Waals surface area contributed by atoms with Gasteiger partial charge in [0.1, 0.15) is 15.7 Å². The van der Waals surface area contributed by atoms with Gasteiger partial charge in [-0.3, -0.25) is 9.78 Å². The van der Waals surface area contributed by atoms with Crippen molar-refractivity contribution in [1.29, 1.82) is 0 Å². The molecule has 1 aliphatic heterocycles. The van der Waals surface area contributed by atoms with Crippen LogP contribution in [-0.2, 0) is 9.84 Å². The molecule has 150 valence electrons. The summed E-state index contributed by atoms with van der Waals surface area (Å²) >= 11 is 0. The van der Waals surface area contributed by atoms with E-state index < -0.39 is 9.84 Å². The first kappa shape index (κ1) is 20.3. The van der Waals surface area contributed by atoms with E-state index in [9.17, 15) is 13.2 Å². The molecule has 28 heavy (non-hydrogen) atoms. The highest BCUT2D eigenvalue weighted by molar-refractivity contribution is 7.91. The first-order chi connectivity index (χ1) is 13.4. The van der Waals surface area contributed by atoms with E-state index in [0.717, 1.165) is 17.8 Å². The lowest BCUT2D eigenvalue weighted by Gasteiger charge is -2.32. The summed E-state index contributed by atoms with van der Waals surface area (Å²) in [4.78, 5) is 23.0. The molecule has 1 aliphatic rings. The molecule has 8 heteroatoms. The Morgan fingerprint density at radius 1 is 1.21 bits per heavy atom. The number of carbonyl (C=O) groups excluding carboxylic acids is 1. The molecular weight excluding hydrogens is 376 g/mol. The van der Waals surface area contributed by atoms with E-state index in [1.165, 1.54) is 6.26 Å². The second-order valence-corrected chi connectivity index (χ2v) is 9.46. The minimum Gasteiger partial charge on any atom is -0.357 e. The molecule has 1 fully saturated rings. The van der Waals surface area contributed by atoms with Gasteiger partial charge in [0.25, 0.3) is 5.91 Å². The number of rotatable bonds is 6. The van der Waals surface area contributed by atoms with Crippen molar-refractivity contribution in [3.63, 3.8) is 0 Å². The van der Waals surface area contributed by atoms with Crippen molar-refractivity contribution in [3.8, 4) is 0 Å². The Morgan fingerprint density at radius 3 is 2.50 bits per heavy atom. The third-order valence-electron chi connectivity index (χ3n) is 5.20. The Kier molecular flexibility index (Phi) is 6.28. The predicted molar refractivity (Wildman–Crippen MR) is 109 cm³/mol. The summed E-state index contributed by atoms with van der Waals surface area (Å²) in [5.41, 5.74) is 1.56. The summed E-state index contributed by atoms with van der Waals surface area (Å²) in [6.45, 7) is 3.35. The van der Waals surface area contributed by atoms with Crippen molar-refractivity contribution in [2.45, 2.75) is 37.5 Å². The van der Waals surface area contributed by atoms with Crippen molar-refractivity contribution in [2.75, 3.05) is 24.2 Å². The van der Waals surface area contributed by atoms with Gasteiger partial charge in [-0.1, -0.05) is 6.92 Å². The Hall–Kier alpha value is -2.48. The van der Waals surface area contributed by atoms with Crippen LogP contribution in [0.3, 0.4) is 0 Å². The molecule has 0 aliphatic carbocycles. The Balaban J connectivity index is 1.70. The highest BCUT2D eigenvalue weighted by Crippen LogP contribution is 2.25. The van der Waals surface area contributed by atoms with Crippen LogP contribution >= 0.6 is 0 Å². The van der Waals surface area contributed by atoms with Gasteiger partial charge in [0, 0.05) is 43.5 Å². The Labute approximate surface area is 166 Å². The molecule has 1 amide bonds. The molecule has 2 aromatic heterocycles. The molecule has 0 aromatic carbocycles. The molecule has 1 N–H and O–H groups in total. The van der Waals surface area contributed by atoms with Gasteiger partial charge in [-0.2, -0.15) is 0 Å². The number of nitrogens with zero attached hydrogens (tertiary/aromatic N) is 3. The van der Waals surface area contributed by atoms with Crippen LogP contribution in [0.2, 0.25) is 0 Å². The van der Waals surface area contributed by atoms with Crippen molar-refractivity contribution in [3.05, 3.63) is 54.0 Å². The average molecular weight is 403 g/mol. The van der Waals surface area contributed by atoms with E-state index >= 15 is 0 Å². The number of pyridine rings is 2. The van der Waals surface area contributed by atoms with Crippen LogP contribution in [0.25, 0.3) is 0 Å². The molecule has 0 spiro atoms. The van der Waals surface area contributed by atoms with Gasteiger partial charge in [-0.25, -0.2) is 13.4 Å². The zero-order valence-electron chi connectivity index (χ0n) is 16.2. The van der Waals surface area contributed by atoms with Crippen LogP contribution in [-0.4, -0.2) is 48.9 Å². The summed E-state index contributed by atoms with van der Waals surface area (Å²) < 4.78 is 23.5. The molecule has 7 nitrogen and oxygen atoms in total. The summed E-state index contributed by atoms with van der Waals surface area (Å²) in [6, 6.07) is 7.14. The number of sulfone groups is 1. The zero-order chi connectivity index (χ0) is 20.1. The van der Waals surface area contributed by atoms with Gasteiger partial charge in [-0.05, 0) is 49.1 Å². The fourth-order valence-electron chi connectivity index (χ4n) is 3.50. The molecule has 0 saturated carbocycles. The van der Waals surface area contributed by atoms with Gasteiger partial charge in [0.15, 0.2) is 0 Å². The van der Waals surface area contributed by atoms with Crippen LogP contribution in [0.1, 0.15) is 48.1 Å². The topological polar surface area (TPSA) is 92.3 Å². The van der Waals surface area contributed by atoms with Crippen LogP contribution in [0.15, 0.2) is 42.9 Å². The van der Waals surface area contributed by atoms with E-state index in [4.69, 9.17) is 0 Å². The highest BCUT2D eigenvalue weighted by Gasteiger charge is 2.27. The smallest absolute Gasteiger partial charge is 0.251 e. The van der Waals surface area contributed by atoms with E-state index in [1.54, 1.807) is 30.7 Å². The zero-order valence-corrected chi connectivity index (χ0v) is 17.0. The standard InChI is InChI=1S/C20H26N4O3S/c1-3-18(23-20(25)15-4-9-21-10-5-15)16-6-11-22-19(14-16)24-12-7-17(8-13-24)28(2,26)27/h4-6,9-11,14,17-18H,3,7-8,12-13H2,1-2H3,(H,23,25)/t18-/m0/s1. The molecule has 1 saturated heterocycles. The van der Waals surface area contributed by atoms with E-state index in [0.29, 0.717) is 31.5 Å². The van der Waals surface area contributed by atoms with E-state index in [2.05, 4.69) is 20.2 Å². The molecule has 1 atom stereocenters. The van der Waals surface area contributed by atoms with Crippen LogP contribution < -0.4 is 10.2 Å². The minimum absolute atomic E-state index is 0.129. The SMILES string of the molecule is CC[C@H](NC(=O)c1ccncc1)c1ccnc(N2CCC(S(C)(=O)=O)CC2)c1. The number of amides is 1. The lowest BCUT2D eigenvalue weighted by Crippen LogP contribution is -2.39. The second kappa shape index (κ2) is 8.68. The number of carbonyl (C=O) groups is 1. The molecule has 0 unspecified atom stereocenters. The molecule has 0 bridgehead atoms. The number of nitrogens with one attached hydrogen (secondary N) is 1. The largest absolute Gasteiger partial charge is 0.357 e. The molecule has 3 heterocycles.